The summed E-state index contributed by atoms with van der Waals surface area (Å²) in [6.07, 6.45) is 8.26. The molecule has 1 saturated heterocycles. The quantitative estimate of drug-likeness (QED) is 0.419. The van der Waals surface area contributed by atoms with Gasteiger partial charge in [0.05, 0.1) is 13.2 Å². The zero-order valence-corrected chi connectivity index (χ0v) is 18.6. The molecular formula is C24H30N6O2. The fourth-order valence-corrected chi connectivity index (χ4v) is 3.52. The van der Waals surface area contributed by atoms with E-state index in [1.165, 1.54) is 5.56 Å². The van der Waals surface area contributed by atoms with Crippen LogP contribution in [0.1, 0.15) is 23.1 Å². The summed E-state index contributed by atoms with van der Waals surface area (Å²) in [5.74, 6) is 2.95. The van der Waals surface area contributed by atoms with Gasteiger partial charge in [0.15, 0.2) is 5.96 Å². The molecule has 1 aromatic carbocycles. The Morgan fingerprint density at radius 2 is 2.16 bits per heavy atom. The highest BCUT2D eigenvalue weighted by Gasteiger charge is 2.17. The molecule has 0 amide bonds. The summed E-state index contributed by atoms with van der Waals surface area (Å²) in [7, 11) is 1.77. The minimum absolute atomic E-state index is 0.472. The summed E-state index contributed by atoms with van der Waals surface area (Å²) in [5, 5.41) is 6.72. The van der Waals surface area contributed by atoms with Crippen LogP contribution in [0, 0.1) is 12.8 Å². The minimum Gasteiger partial charge on any atom is -0.493 e. The molecule has 0 aliphatic carbocycles. The highest BCUT2D eigenvalue weighted by atomic mass is 16.5. The van der Waals surface area contributed by atoms with Crippen LogP contribution in [0.25, 0.3) is 5.82 Å². The van der Waals surface area contributed by atoms with Crippen LogP contribution in [0.2, 0.25) is 0 Å². The van der Waals surface area contributed by atoms with Crippen molar-refractivity contribution in [3.05, 3.63) is 71.9 Å². The number of nitrogens with zero attached hydrogens (tertiary/aromatic N) is 4. The second-order valence-corrected chi connectivity index (χ2v) is 7.93. The lowest BCUT2D eigenvalue weighted by Crippen LogP contribution is -2.36. The van der Waals surface area contributed by atoms with Crippen molar-refractivity contribution in [2.45, 2.75) is 26.4 Å². The number of aliphatic imine (C=N–C) groups is 1. The molecule has 168 valence electrons. The van der Waals surface area contributed by atoms with Gasteiger partial charge in [-0.2, -0.15) is 0 Å². The number of hydrogen-bond donors (Lipinski definition) is 2. The van der Waals surface area contributed by atoms with Gasteiger partial charge >= 0.3 is 0 Å². The molecule has 0 bridgehead atoms. The molecule has 3 aromatic rings. The van der Waals surface area contributed by atoms with E-state index in [9.17, 15) is 0 Å². The van der Waals surface area contributed by atoms with Gasteiger partial charge in [0, 0.05) is 56.8 Å². The van der Waals surface area contributed by atoms with Crippen molar-refractivity contribution in [1.29, 1.82) is 0 Å². The lowest BCUT2D eigenvalue weighted by molar-refractivity contribution is 0.166. The highest BCUT2D eigenvalue weighted by Crippen LogP contribution is 2.22. The number of hydrogen-bond acceptors (Lipinski definition) is 5. The van der Waals surface area contributed by atoms with Gasteiger partial charge < -0.3 is 20.1 Å². The maximum absolute atomic E-state index is 6.14. The average molecular weight is 435 g/mol. The smallest absolute Gasteiger partial charge is 0.191 e. The van der Waals surface area contributed by atoms with Gasteiger partial charge in [-0.05, 0) is 36.6 Å². The van der Waals surface area contributed by atoms with E-state index < -0.39 is 0 Å². The van der Waals surface area contributed by atoms with Gasteiger partial charge in [-0.25, -0.2) is 9.97 Å². The number of imidazole rings is 1. The fourth-order valence-electron chi connectivity index (χ4n) is 3.52. The Hall–Kier alpha value is -3.39. The van der Waals surface area contributed by atoms with Crippen LogP contribution in [-0.2, 0) is 17.8 Å². The van der Waals surface area contributed by atoms with E-state index in [1.54, 1.807) is 19.6 Å². The van der Waals surface area contributed by atoms with Gasteiger partial charge in [0.2, 0.25) is 0 Å². The maximum Gasteiger partial charge on any atom is 0.191 e. The Labute approximate surface area is 188 Å². The van der Waals surface area contributed by atoms with Crippen molar-refractivity contribution in [2.24, 2.45) is 10.9 Å². The second kappa shape index (κ2) is 10.8. The average Bonchev–Trinajstić information content (AvgIpc) is 3.54. The van der Waals surface area contributed by atoms with Crippen LogP contribution < -0.4 is 15.4 Å². The monoisotopic (exact) mass is 434 g/mol. The van der Waals surface area contributed by atoms with Crippen LogP contribution >= 0.6 is 0 Å². The lowest BCUT2D eigenvalue weighted by atomic mass is 10.1. The summed E-state index contributed by atoms with van der Waals surface area (Å²) in [4.78, 5) is 12.9. The molecule has 32 heavy (non-hydrogen) atoms. The SMILES string of the molecule is CN=C(NCc1ccc(-n2ccnc2)nc1)NCc1ccc(C)cc1OCC1CCOC1. The third-order valence-electron chi connectivity index (χ3n) is 5.43. The van der Waals surface area contributed by atoms with Crippen LogP contribution in [0.5, 0.6) is 5.75 Å². The van der Waals surface area contributed by atoms with Crippen molar-refractivity contribution >= 4 is 5.96 Å². The predicted molar refractivity (Wildman–Crippen MR) is 124 cm³/mol. The third kappa shape index (κ3) is 5.85. The molecule has 2 aromatic heterocycles. The van der Waals surface area contributed by atoms with Crippen LogP contribution in [0.4, 0.5) is 0 Å². The summed E-state index contributed by atoms with van der Waals surface area (Å²) in [6, 6.07) is 10.3. The first-order valence-corrected chi connectivity index (χ1v) is 10.9. The molecule has 1 unspecified atom stereocenters. The molecule has 1 atom stereocenters. The fraction of sp³-hybridized carbons (Fsp3) is 0.375. The standard InChI is InChI=1S/C24H30N6O2/c1-18-3-5-21(22(11-18)32-16-20-7-10-31-15-20)14-29-24(25-2)28-13-19-4-6-23(27-12-19)30-9-8-26-17-30/h3-6,8-9,11-12,17,20H,7,10,13-16H2,1-2H3,(H2,25,28,29). The van der Waals surface area contributed by atoms with Gasteiger partial charge in [-0.15, -0.1) is 0 Å². The van der Waals surface area contributed by atoms with Crippen molar-refractivity contribution in [2.75, 3.05) is 26.9 Å². The van der Waals surface area contributed by atoms with Crippen LogP contribution in [0.3, 0.4) is 0 Å². The normalized spacial score (nSPS) is 16.2. The molecule has 4 rings (SSSR count). The summed E-state index contributed by atoms with van der Waals surface area (Å²) in [5.41, 5.74) is 3.35. The molecule has 8 nitrogen and oxygen atoms in total. The summed E-state index contributed by atoms with van der Waals surface area (Å²) < 4.78 is 13.5. The first-order chi connectivity index (χ1) is 15.7. The van der Waals surface area contributed by atoms with E-state index in [4.69, 9.17) is 9.47 Å². The van der Waals surface area contributed by atoms with E-state index in [-0.39, 0.29) is 0 Å². The zero-order valence-electron chi connectivity index (χ0n) is 18.6. The van der Waals surface area contributed by atoms with Crippen LogP contribution in [0.15, 0.2) is 60.2 Å². The molecular weight excluding hydrogens is 404 g/mol. The van der Waals surface area contributed by atoms with E-state index in [1.807, 2.05) is 29.1 Å². The molecule has 8 heteroatoms. The Kier molecular flexibility index (Phi) is 7.34. The molecule has 0 radical (unpaired) electrons. The molecule has 1 aliphatic heterocycles. The van der Waals surface area contributed by atoms with E-state index in [0.29, 0.717) is 25.6 Å². The van der Waals surface area contributed by atoms with Gasteiger partial charge in [0.25, 0.3) is 0 Å². The number of aromatic nitrogens is 3. The Balaban J connectivity index is 1.30. The van der Waals surface area contributed by atoms with Crippen molar-refractivity contribution < 1.29 is 9.47 Å². The van der Waals surface area contributed by atoms with Crippen LogP contribution in [-0.4, -0.2) is 47.4 Å². The third-order valence-corrected chi connectivity index (χ3v) is 5.43. The molecule has 0 saturated carbocycles. The molecule has 1 fully saturated rings. The molecule has 1 aliphatic rings. The minimum atomic E-state index is 0.472. The Morgan fingerprint density at radius 1 is 1.25 bits per heavy atom. The van der Waals surface area contributed by atoms with E-state index >= 15 is 0 Å². The lowest BCUT2D eigenvalue weighted by Gasteiger charge is -2.17. The number of rotatable bonds is 8. The highest BCUT2D eigenvalue weighted by molar-refractivity contribution is 5.79. The molecule has 0 spiro atoms. The van der Waals surface area contributed by atoms with Crippen molar-refractivity contribution in [3.63, 3.8) is 0 Å². The summed E-state index contributed by atoms with van der Waals surface area (Å²) >= 11 is 0. The first kappa shape index (κ1) is 21.8. The second-order valence-electron chi connectivity index (χ2n) is 7.93. The Morgan fingerprint density at radius 3 is 2.88 bits per heavy atom. The number of pyridine rings is 1. The van der Waals surface area contributed by atoms with Crippen molar-refractivity contribution in [3.8, 4) is 11.6 Å². The maximum atomic E-state index is 6.14. The number of guanidine groups is 1. The van der Waals surface area contributed by atoms with Crippen molar-refractivity contribution in [1.82, 2.24) is 25.2 Å². The van der Waals surface area contributed by atoms with Gasteiger partial charge in [-0.3, -0.25) is 9.56 Å². The number of ether oxygens (including phenoxy) is 2. The molecule has 3 heterocycles. The Bertz CT molecular complexity index is 1010. The first-order valence-electron chi connectivity index (χ1n) is 10.9. The largest absolute Gasteiger partial charge is 0.493 e. The molecule has 2 N–H and O–H groups in total. The van der Waals surface area contributed by atoms with Gasteiger partial charge in [0.1, 0.15) is 17.9 Å². The van der Waals surface area contributed by atoms with Gasteiger partial charge in [-0.1, -0.05) is 18.2 Å². The zero-order chi connectivity index (χ0) is 22.2. The number of nitrogens with one attached hydrogen (secondary N) is 2. The number of benzene rings is 1. The predicted octanol–water partition coefficient (Wildman–Crippen LogP) is 2.86. The summed E-state index contributed by atoms with van der Waals surface area (Å²) in [6.45, 7) is 5.62. The topological polar surface area (TPSA) is 85.6 Å². The van der Waals surface area contributed by atoms with E-state index in [0.717, 1.165) is 48.3 Å². The number of aryl methyl sites for hydroxylation is 1. The van der Waals surface area contributed by atoms with E-state index in [2.05, 4.69) is 50.7 Å².